The molecule has 2 aromatic rings. The number of ether oxygens (including phenoxy) is 2. The highest BCUT2D eigenvalue weighted by molar-refractivity contribution is 6.40. The molecule has 2 atom stereocenters. The summed E-state index contributed by atoms with van der Waals surface area (Å²) < 4.78 is 9.98. The lowest BCUT2D eigenvalue weighted by Crippen LogP contribution is -2.37. The molecule has 134 valence electrons. The van der Waals surface area contributed by atoms with Crippen LogP contribution >= 0.6 is 11.6 Å². The standard InChI is InChI=1S/C19H17ClN2O4/c1-25-14-9-5-11(6-10-14)15-16(21-22-17(15)19(24)26-2)18(23)12-3-7-13(20)8-4-12/h3-10,15-16,21H,1-2H3/t15-,16+/m0/s1. The van der Waals surface area contributed by atoms with Crippen LogP contribution in [0.3, 0.4) is 0 Å². The molecular formula is C19H17ClN2O4. The average Bonchev–Trinajstić information content (AvgIpc) is 3.12. The predicted octanol–water partition coefficient (Wildman–Crippen LogP) is 2.82. The molecule has 1 aliphatic rings. The van der Waals surface area contributed by atoms with E-state index >= 15 is 0 Å². The lowest BCUT2D eigenvalue weighted by atomic mass is 9.84. The molecule has 0 amide bonds. The zero-order valence-electron chi connectivity index (χ0n) is 14.2. The molecule has 0 saturated carbocycles. The van der Waals surface area contributed by atoms with Gasteiger partial charge in [-0.1, -0.05) is 23.7 Å². The Bertz CT molecular complexity index is 847. The monoisotopic (exact) mass is 372 g/mol. The summed E-state index contributed by atoms with van der Waals surface area (Å²) in [5.74, 6) is -0.664. The first kappa shape index (κ1) is 17.9. The highest BCUT2D eigenvalue weighted by atomic mass is 35.5. The van der Waals surface area contributed by atoms with E-state index < -0.39 is 17.9 Å². The Balaban J connectivity index is 1.96. The van der Waals surface area contributed by atoms with Crippen molar-refractivity contribution >= 4 is 29.1 Å². The van der Waals surface area contributed by atoms with Crippen molar-refractivity contribution in [2.75, 3.05) is 14.2 Å². The number of methoxy groups -OCH3 is 2. The van der Waals surface area contributed by atoms with Gasteiger partial charge in [0.15, 0.2) is 11.5 Å². The third-order valence-corrected chi connectivity index (χ3v) is 4.48. The molecular weight excluding hydrogens is 356 g/mol. The zero-order chi connectivity index (χ0) is 18.7. The van der Waals surface area contributed by atoms with Crippen molar-refractivity contribution in [3.63, 3.8) is 0 Å². The average molecular weight is 373 g/mol. The van der Waals surface area contributed by atoms with E-state index in [1.54, 1.807) is 55.6 Å². The molecule has 0 radical (unpaired) electrons. The summed E-state index contributed by atoms with van der Waals surface area (Å²) in [6, 6.07) is 13.0. The Labute approximate surface area is 155 Å². The largest absolute Gasteiger partial charge is 0.497 e. The molecule has 1 aliphatic heterocycles. The van der Waals surface area contributed by atoms with Gasteiger partial charge < -0.3 is 9.47 Å². The van der Waals surface area contributed by atoms with Crippen LogP contribution in [0.15, 0.2) is 53.6 Å². The molecule has 0 saturated heterocycles. The number of hydrazone groups is 1. The van der Waals surface area contributed by atoms with Crippen molar-refractivity contribution in [3.8, 4) is 5.75 Å². The maximum atomic E-state index is 13.0. The van der Waals surface area contributed by atoms with E-state index in [9.17, 15) is 9.59 Å². The normalized spacial score (nSPS) is 18.7. The lowest BCUT2D eigenvalue weighted by molar-refractivity contribution is -0.132. The third kappa shape index (κ3) is 3.41. The second kappa shape index (κ2) is 7.58. The molecule has 2 aromatic carbocycles. The summed E-state index contributed by atoms with van der Waals surface area (Å²) >= 11 is 5.89. The van der Waals surface area contributed by atoms with Crippen LogP contribution < -0.4 is 10.2 Å². The Kier molecular flexibility index (Phi) is 5.23. The van der Waals surface area contributed by atoms with Crippen molar-refractivity contribution in [2.45, 2.75) is 12.0 Å². The molecule has 1 N–H and O–H groups in total. The van der Waals surface area contributed by atoms with Crippen LogP contribution in [0.25, 0.3) is 0 Å². The topological polar surface area (TPSA) is 77.0 Å². The number of Topliss-reactive ketones (excluding diaryl/α,β-unsaturated/α-hetero) is 1. The van der Waals surface area contributed by atoms with Gasteiger partial charge in [-0.2, -0.15) is 5.10 Å². The highest BCUT2D eigenvalue weighted by Crippen LogP contribution is 2.30. The number of nitrogens with zero attached hydrogens (tertiary/aromatic N) is 1. The zero-order valence-corrected chi connectivity index (χ0v) is 15.0. The number of hydrogen-bond acceptors (Lipinski definition) is 6. The molecule has 0 spiro atoms. The first-order valence-electron chi connectivity index (χ1n) is 7.90. The number of carbonyl (C=O) groups is 2. The minimum Gasteiger partial charge on any atom is -0.497 e. The second-order valence-corrected chi connectivity index (χ2v) is 6.15. The summed E-state index contributed by atoms with van der Waals surface area (Å²) in [6.45, 7) is 0. The van der Waals surface area contributed by atoms with Gasteiger partial charge in [0.2, 0.25) is 0 Å². The van der Waals surface area contributed by atoms with Gasteiger partial charge in [-0.15, -0.1) is 0 Å². The summed E-state index contributed by atoms with van der Waals surface area (Å²) in [7, 11) is 2.85. The van der Waals surface area contributed by atoms with Crippen LogP contribution in [0.2, 0.25) is 5.02 Å². The first-order valence-corrected chi connectivity index (χ1v) is 8.28. The van der Waals surface area contributed by atoms with Gasteiger partial charge in [-0.3, -0.25) is 10.2 Å². The number of esters is 1. The van der Waals surface area contributed by atoms with E-state index in [-0.39, 0.29) is 11.5 Å². The number of halogens is 1. The number of nitrogens with one attached hydrogen (secondary N) is 1. The van der Waals surface area contributed by atoms with Crippen LogP contribution in [0, 0.1) is 0 Å². The lowest BCUT2D eigenvalue weighted by Gasteiger charge is -2.20. The Hall–Kier alpha value is -2.86. The molecule has 0 aliphatic carbocycles. The van der Waals surface area contributed by atoms with Gasteiger partial charge in [-0.25, -0.2) is 4.79 Å². The molecule has 26 heavy (non-hydrogen) atoms. The fraction of sp³-hybridized carbons (Fsp3) is 0.211. The maximum absolute atomic E-state index is 13.0. The Morgan fingerprint density at radius 3 is 2.27 bits per heavy atom. The Morgan fingerprint density at radius 2 is 1.69 bits per heavy atom. The number of ketones is 1. The molecule has 0 bridgehead atoms. The van der Waals surface area contributed by atoms with E-state index in [1.165, 1.54) is 7.11 Å². The second-order valence-electron chi connectivity index (χ2n) is 5.72. The van der Waals surface area contributed by atoms with Crippen molar-refractivity contribution < 1.29 is 19.1 Å². The van der Waals surface area contributed by atoms with Gasteiger partial charge in [0.1, 0.15) is 11.8 Å². The van der Waals surface area contributed by atoms with E-state index in [0.29, 0.717) is 16.3 Å². The minimum absolute atomic E-state index is 0.157. The van der Waals surface area contributed by atoms with Crippen molar-refractivity contribution in [1.29, 1.82) is 0 Å². The SMILES string of the molecule is COC(=O)C1=NN[C@@H](C(=O)c2ccc(Cl)cc2)[C@@H]1c1ccc(OC)cc1. The number of rotatable bonds is 5. The van der Waals surface area contributed by atoms with Crippen molar-refractivity contribution in [2.24, 2.45) is 5.10 Å². The smallest absolute Gasteiger partial charge is 0.354 e. The summed E-state index contributed by atoms with van der Waals surface area (Å²) in [6.07, 6.45) is 0. The van der Waals surface area contributed by atoms with Gasteiger partial charge in [-0.05, 0) is 42.0 Å². The van der Waals surface area contributed by atoms with Gasteiger partial charge in [0.25, 0.3) is 0 Å². The molecule has 3 rings (SSSR count). The first-order chi connectivity index (χ1) is 12.5. The molecule has 0 aromatic heterocycles. The molecule has 0 unspecified atom stereocenters. The number of carbonyl (C=O) groups excluding carboxylic acids is 2. The molecule has 6 nitrogen and oxygen atoms in total. The quantitative estimate of drug-likeness (QED) is 0.645. The van der Waals surface area contributed by atoms with Crippen LogP contribution in [0.1, 0.15) is 21.8 Å². The third-order valence-electron chi connectivity index (χ3n) is 4.23. The Morgan fingerprint density at radius 1 is 1.04 bits per heavy atom. The number of hydrogen-bond donors (Lipinski definition) is 1. The fourth-order valence-electron chi connectivity index (χ4n) is 2.88. The number of benzene rings is 2. The summed E-state index contributed by atoms with van der Waals surface area (Å²) in [4.78, 5) is 25.1. The fourth-order valence-corrected chi connectivity index (χ4v) is 3.01. The summed E-state index contributed by atoms with van der Waals surface area (Å²) in [5.41, 5.74) is 4.18. The van der Waals surface area contributed by atoms with Crippen LogP contribution in [0.5, 0.6) is 5.75 Å². The van der Waals surface area contributed by atoms with E-state index in [2.05, 4.69) is 10.5 Å². The predicted molar refractivity (Wildman–Crippen MR) is 97.9 cm³/mol. The minimum atomic E-state index is -0.723. The van der Waals surface area contributed by atoms with Gasteiger partial charge in [0.05, 0.1) is 20.1 Å². The highest BCUT2D eigenvalue weighted by Gasteiger charge is 2.41. The summed E-state index contributed by atoms with van der Waals surface area (Å²) in [5, 5.41) is 4.61. The van der Waals surface area contributed by atoms with Crippen LogP contribution in [-0.2, 0) is 9.53 Å². The molecule has 1 heterocycles. The van der Waals surface area contributed by atoms with Gasteiger partial charge in [0, 0.05) is 10.6 Å². The van der Waals surface area contributed by atoms with E-state index in [0.717, 1.165) is 5.56 Å². The van der Waals surface area contributed by atoms with Crippen LogP contribution in [0.4, 0.5) is 0 Å². The maximum Gasteiger partial charge on any atom is 0.354 e. The van der Waals surface area contributed by atoms with Crippen molar-refractivity contribution in [1.82, 2.24) is 5.43 Å². The van der Waals surface area contributed by atoms with E-state index in [1.807, 2.05) is 0 Å². The van der Waals surface area contributed by atoms with Gasteiger partial charge >= 0.3 is 5.97 Å². The van der Waals surface area contributed by atoms with Crippen LogP contribution in [-0.4, -0.2) is 37.7 Å². The molecule has 7 heteroatoms. The van der Waals surface area contributed by atoms with E-state index in [4.69, 9.17) is 21.1 Å². The van der Waals surface area contributed by atoms with Crippen molar-refractivity contribution in [3.05, 3.63) is 64.7 Å². The molecule has 0 fully saturated rings.